The highest BCUT2D eigenvalue weighted by molar-refractivity contribution is 7.25. The van der Waals surface area contributed by atoms with Crippen molar-refractivity contribution in [1.82, 2.24) is 0 Å². The van der Waals surface area contributed by atoms with Crippen molar-refractivity contribution < 1.29 is 0 Å². The predicted molar refractivity (Wildman–Crippen MR) is 200 cm³/mol. The van der Waals surface area contributed by atoms with Crippen LogP contribution in [0.15, 0.2) is 158 Å². The lowest BCUT2D eigenvalue weighted by Crippen LogP contribution is -2.25. The zero-order valence-electron chi connectivity index (χ0n) is 25.8. The first-order chi connectivity index (χ1) is 23.8. The molecule has 0 N–H and O–H groups in total. The molecule has 0 saturated carbocycles. The molecule has 4 aliphatic rings. The molecule has 0 nitrogen and oxygen atoms in total. The Bertz CT molecular complexity index is 2420. The third kappa shape index (κ3) is 2.75. The zero-order chi connectivity index (χ0) is 31.2. The van der Waals surface area contributed by atoms with Crippen LogP contribution in [0.4, 0.5) is 0 Å². The van der Waals surface area contributed by atoms with Crippen molar-refractivity contribution in [3.8, 4) is 52.9 Å². The van der Waals surface area contributed by atoms with E-state index in [0.717, 1.165) is 0 Å². The van der Waals surface area contributed by atoms with Gasteiger partial charge in [0.25, 0.3) is 0 Å². The van der Waals surface area contributed by atoms with Crippen LogP contribution in [0.5, 0.6) is 0 Å². The van der Waals surface area contributed by atoms with Gasteiger partial charge in [0.05, 0.1) is 10.8 Å². The van der Waals surface area contributed by atoms with Crippen LogP contribution < -0.4 is 0 Å². The quantitative estimate of drug-likeness (QED) is 0.167. The summed E-state index contributed by atoms with van der Waals surface area (Å²) in [7, 11) is 0. The van der Waals surface area contributed by atoms with E-state index < -0.39 is 0 Å². The summed E-state index contributed by atoms with van der Waals surface area (Å²) < 4.78 is 0. The topological polar surface area (TPSA) is 0 Å². The van der Waals surface area contributed by atoms with Crippen LogP contribution in [-0.4, -0.2) is 0 Å². The summed E-state index contributed by atoms with van der Waals surface area (Å²) in [5.41, 5.74) is 18.9. The first-order valence-electron chi connectivity index (χ1n) is 16.7. The molecule has 4 aliphatic carbocycles. The smallest absolute Gasteiger partial charge is 0.0734 e. The van der Waals surface area contributed by atoms with Crippen molar-refractivity contribution >= 4 is 22.7 Å². The molecule has 0 atom stereocenters. The monoisotopic (exact) mass is 642 g/mol. The van der Waals surface area contributed by atoms with Crippen molar-refractivity contribution in [2.24, 2.45) is 0 Å². The van der Waals surface area contributed by atoms with Crippen LogP contribution >= 0.6 is 22.7 Å². The lowest BCUT2D eigenvalue weighted by molar-refractivity contribution is 0.795. The molecular formula is C46H26S2. The number of hydrogen-bond donors (Lipinski definition) is 0. The van der Waals surface area contributed by atoms with Crippen LogP contribution in [0.25, 0.3) is 52.9 Å². The SMILES string of the molecule is c1ccc2c(c1)-c1ccccc1C21c2ccccc2-c2sc(-c3cc4c(s3)-c3ccccc3C43c4ccccc4-c4ccccc43)cc21. The summed E-state index contributed by atoms with van der Waals surface area (Å²) in [6.45, 7) is 0. The third-order valence-corrected chi connectivity index (χ3v) is 14.1. The van der Waals surface area contributed by atoms with Gasteiger partial charge in [0.1, 0.15) is 0 Å². The summed E-state index contributed by atoms with van der Waals surface area (Å²) in [5, 5.41) is 0. The lowest BCUT2D eigenvalue weighted by atomic mass is 9.70. The average molecular weight is 643 g/mol. The van der Waals surface area contributed by atoms with Crippen molar-refractivity contribution in [1.29, 1.82) is 0 Å². The normalized spacial score (nSPS) is 15.4. The van der Waals surface area contributed by atoms with E-state index in [1.54, 1.807) is 0 Å². The Hall–Kier alpha value is -5.28. The summed E-state index contributed by atoms with van der Waals surface area (Å²) in [6, 6.07) is 59.8. The van der Waals surface area contributed by atoms with Gasteiger partial charge in [0.15, 0.2) is 0 Å². The van der Waals surface area contributed by atoms with Gasteiger partial charge in [-0.2, -0.15) is 0 Å². The molecule has 2 spiro atoms. The second-order valence-electron chi connectivity index (χ2n) is 13.5. The summed E-state index contributed by atoms with van der Waals surface area (Å²) >= 11 is 3.96. The van der Waals surface area contributed by atoms with E-state index >= 15 is 0 Å². The highest BCUT2D eigenvalue weighted by Crippen LogP contribution is 2.67. The zero-order valence-corrected chi connectivity index (χ0v) is 27.5. The van der Waals surface area contributed by atoms with Crippen LogP contribution in [0, 0.1) is 0 Å². The molecule has 0 saturated heterocycles. The van der Waals surface area contributed by atoms with Gasteiger partial charge in [-0.3, -0.25) is 0 Å². The Morgan fingerprint density at radius 3 is 0.833 bits per heavy atom. The molecule has 0 amide bonds. The van der Waals surface area contributed by atoms with Gasteiger partial charge >= 0.3 is 0 Å². The first-order valence-corrected chi connectivity index (χ1v) is 18.3. The molecule has 222 valence electrons. The van der Waals surface area contributed by atoms with E-state index in [2.05, 4.69) is 158 Å². The minimum atomic E-state index is -0.301. The third-order valence-electron chi connectivity index (χ3n) is 11.6. The van der Waals surface area contributed by atoms with Gasteiger partial charge in [-0.15, -0.1) is 22.7 Å². The molecule has 2 aromatic heterocycles. The molecule has 2 heteroatoms. The van der Waals surface area contributed by atoms with Crippen LogP contribution in [0.1, 0.15) is 44.5 Å². The minimum absolute atomic E-state index is 0.301. The van der Waals surface area contributed by atoms with Crippen molar-refractivity contribution in [2.75, 3.05) is 0 Å². The number of fused-ring (bicyclic) bond motifs is 20. The van der Waals surface area contributed by atoms with Crippen molar-refractivity contribution in [3.05, 3.63) is 202 Å². The molecular weight excluding hydrogens is 617 g/mol. The van der Waals surface area contributed by atoms with Gasteiger partial charge in [-0.05, 0) is 90.0 Å². The number of benzene rings is 6. The largest absolute Gasteiger partial charge is 0.134 e. The highest BCUT2D eigenvalue weighted by atomic mass is 32.1. The second kappa shape index (κ2) is 8.79. The van der Waals surface area contributed by atoms with Gasteiger partial charge in [-0.1, -0.05) is 146 Å². The summed E-state index contributed by atoms with van der Waals surface area (Å²) in [4.78, 5) is 5.55. The van der Waals surface area contributed by atoms with E-state index in [-0.39, 0.29) is 10.8 Å². The van der Waals surface area contributed by atoms with E-state index in [9.17, 15) is 0 Å². The van der Waals surface area contributed by atoms with Crippen LogP contribution in [-0.2, 0) is 10.8 Å². The highest BCUT2D eigenvalue weighted by Gasteiger charge is 2.54. The van der Waals surface area contributed by atoms with Gasteiger partial charge < -0.3 is 0 Å². The van der Waals surface area contributed by atoms with E-state index in [0.29, 0.717) is 0 Å². The predicted octanol–water partition coefficient (Wildman–Crippen LogP) is 12.2. The molecule has 0 unspecified atom stereocenters. The Morgan fingerprint density at radius 1 is 0.271 bits per heavy atom. The molecule has 8 aromatic rings. The van der Waals surface area contributed by atoms with E-state index in [4.69, 9.17) is 0 Å². The summed E-state index contributed by atoms with van der Waals surface area (Å²) in [5.74, 6) is 0. The maximum Gasteiger partial charge on any atom is 0.0734 e. The number of rotatable bonds is 1. The maximum atomic E-state index is 2.55. The molecule has 2 heterocycles. The van der Waals surface area contributed by atoms with Gasteiger partial charge in [-0.25, -0.2) is 0 Å². The Morgan fingerprint density at radius 2 is 0.521 bits per heavy atom. The maximum absolute atomic E-state index is 2.55. The molecule has 0 aliphatic heterocycles. The van der Waals surface area contributed by atoms with E-state index in [1.807, 2.05) is 22.7 Å². The van der Waals surface area contributed by atoms with Crippen LogP contribution in [0.3, 0.4) is 0 Å². The molecule has 48 heavy (non-hydrogen) atoms. The van der Waals surface area contributed by atoms with Crippen molar-refractivity contribution in [2.45, 2.75) is 10.8 Å². The van der Waals surface area contributed by atoms with Crippen molar-refractivity contribution in [3.63, 3.8) is 0 Å². The molecule has 12 rings (SSSR count). The standard InChI is InChI=1S/C46H26S2/c1-7-19-33-27(13-1)28-14-2-8-20-34(28)45(33)37-23-11-5-17-31(37)43-39(45)25-41(47-43)42-26-40-44(48-42)32-18-6-12-24-38(32)46(40)35-21-9-3-15-29(35)30-16-4-10-22-36(30)46/h1-26H. The Balaban J connectivity index is 1.13. The average Bonchev–Trinajstić information content (AvgIpc) is 3.97. The fourth-order valence-corrected chi connectivity index (χ4v) is 12.5. The Kier molecular flexibility index (Phi) is 4.72. The van der Waals surface area contributed by atoms with Gasteiger partial charge in [0.2, 0.25) is 0 Å². The van der Waals surface area contributed by atoms with Gasteiger partial charge in [0, 0.05) is 19.5 Å². The molecule has 0 fully saturated rings. The Labute approximate surface area is 287 Å². The molecule has 0 bridgehead atoms. The molecule has 0 radical (unpaired) electrons. The fraction of sp³-hybridized carbons (Fsp3) is 0.0435. The summed E-state index contributed by atoms with van der Waals surface area (Å²) in [6.07, 6.45) is 0. The number of hydrogen-bond acceptors (Lipinski definition) is 2. The van der Waals surface area contributed by atoms with E-state index in [1.165, 1.54) is 97.4 Å². The lowest BCUT2D eigenvalue weighted by Gasteiger charge is -2.30. The molecule has 6 aromatic carbocycles. The minimum Gasteiger partial charge on any atom is -0.134 e. The van der Waals surface area contributed by atoms with Crippen LogP contribution in [0.2, 0.25) is 0 Å². The number of thiophene rings is 2. The fourth-order valence-electron chi connectivity index (χ4n) is 9.92. The first kappa shape index (κ1) is 25.8. The second-order valence-corrected chi connectivity index (χ2v) is 15.6.